The number of anilines is 1. The molecule has 0 aliphatic heterocycles. The molecule has 6 nitrogen and oxygen atoms in total. The van der Waals surface area contributed by atoms with Crippen LogP contribution >= 0.6 is 0 Å². The van der Waals surface area contributed by atoms with Crippen molar-refractivity contribution in [1.82, 2.24) is 5.16 Å². The lowest BCUT2D eigenvalue weighted by atomic mass is 10.1. The molecule has 140 valence electrons. The Morgan fingerprint density at radius 1 is 1.15 bits per heavy atom. The average molecular weight is 366 g/mol. The number of carbonyl (C=O) groups is 1. The summed E-state index contributed by atoms with van der Waals surface area (Å²) >= 11 is 0. The van der Waals surface area contributed by atoms with Gasteiger partial charge in [-0.3, -0.25) is 4.79 Å². The number of ether oxygens (including phenoxy) is 2. The first kappa shape index (κ1) is 18.5. The number of nitrogens with zero attached hydrogens (tertiary/aromatic N) is 1. The third-order valence-corrected chi connectivity index (χ3v) is 4.27. The Morgan fingerprint density at radius 2 is 1.89 bits per heavy atom. The molecule has 3 aromatic rings. The van der Waals surface area contributed by atoms with Crippen molar-refractivity contribution in [1.29, 1.82) is 0 Å². The molecule has 1 heterocycles. The predicted molar refractivity (Wildman–Crippen MR) is 102 cm³/mol. The van der Waals surface area contributed by atoms with E-state index in [4.69, 9.17) is 14.0 Å². The molecule has 0 fully saturated rings. The number of aromatic nitrogens is 1. The van der Waals surface area contributed by atoms with Crippen LogP contribution in [-0.2, 0) is 13.0 Å². The third-order valence-electron chi connectivity index (χ3n) is 4.27. The van der Waals surface area contributed by atoms with E-state index in [1.807, 2.05) is 36.4 Å². The van der Waals surface area contributed by atoms with Crippen molar-refractivity contribution in [3.63, 3.8) is 0 Å². The highest BCUT2D eigenvalue weighted by Gasteiger charge is 2.21. The van der Waals surface area contributed by atoms with Gasteiger partial charge in [0.2, 0.25) is 0 Å². The number of amides is 1. The van der Waals surface area contributed by atoms with Crippen molar-refractivity contribution >= 4 is 11.6 Å². The lowest BCUT2D eigenvalue weighted by Crippen LogP contribution is -2.16. The van der Waals surface area contributed by atoms with E-state index in [9.17, 15) is 4.79 Å². The van der Waals surface area contributed by atoms with Crippen molar-refractivity contribution in [3.05, 3.63) is 71.1 Å². The highest BCUT2D eigenvalue weighted by molar-refractivity contribution is 6.04. The van der Waals surface area contributed by atoms with E-state index in [0.29, 0.717) is 22.8 Å². The molecule has 27 heavy (non-hydrogen) atoms. The predicted octanol–water partition coefficient (Wildman–Crippen LogP) is 4.39. The van der Waals surface area contributed by atoms with Gasteiger partial charge in [0, 0.05) is 0 Å². The molecule has 0 spiro atoms. The number of para-hydroxylation sites is 2. The number of rotatable bonds is 7. The Morgan fingerprint density at radius 3 is 2.59 bits per heavy atom. The van der Waals surface area contributed by atoms with E-state index in [-0.39, 0.29) is 18.2 Å². The van der Waals surface area contributed by atoms with Crippen LogP contribution in [0.1, 0.15) is 34.3 Å². The molecule has 0 bridgehead atoms. The highest BCUT2D eigenvalue weighted by Crippen LogP contribution is 2.25. The van der Waals surface area contributed by atoms with Crippen LogP contribution < -0.4 is 14.8 Å². The summed E-state index contributed by atoms with van der Waals surface area (Å²) in [5.74, 6) is 1.46. The van der Waals surface area contributed by atoms with Gasteiger partial charge < -0.3 is 19.3 Å². The molecule has 0 aliphatic rings. The molecule has 0 radical (unpaired) electrons. The van der Waals surface area contributed by atoms with Gasteiger partial charge in [-0.05, 0) is 43.2 Å². The molecule has 0 aliphatic carbocycles. The average Bonchev–Trinajstić information content (AvgIpc) is 3.07. The Bertz CT molecular complexity index is 916. The van der Waals surface area contributed by atoms with Crippen molar-refractivity contribution < 1.29 is 18.8 Å². The summed E-state index contributed by atoms with van der Waals surface area (Å²) in [6.45, 7) is 4.05. The molecule has 1 N–H and O–H groups in total. The maximum absolute atomic E-state index is 12.7. The second kappa shape index (κ2) is 8.40. The Kier molecular flexibility index (Phi) is 5.76. The normalized spacial score (nSPS) is 10.5. The molecular weight excluding hydrogens is 344 g/mol. The fraction of sp³-hybridized carbons (Fsp3) is 0.238. The van der Waals surface area contributed by atoms with E-state index in [2.05, 4.69) is 17.4 Å². The van der Waals surface area contributed by atoms with Crippen LogP contribution in [0.5, 0.6) is 11.5 Å². The summed E-state index contributed by atoms with van der Waals surface area (Å²) in [7, 11) is 1.55. The number of hydrogen-bond acceptors (Lipinski definition) is 5. The van der Waals surface area contributed by atoms with Crippen LogP contribution in [0, 0.1) is 6.92 Å². The van der Waals surface area contributed by atoms with Gasteiger partial charge in [-0.2, -0.15) is 0 Å². The van der Waals surface area contributed by atoms with Gasteiger partial charge in [0.25, 0.3) is 5.91 Å². The first-order valence-electron chi connectivity index (χ1n) is 8.73. The van der Waals surface area contributed by atoms with Gasteiger partial charge in [-0.1, -0.05) is 36.3 Å². The first-order chi connectivity index (χ1) is 13.1. The quantitative estimate of drug-likeness (QED) is 0.671. The standard InChI is InChI=1S/C21H22N2O4/c1-4-15-9-11-16(12-10-15)26-13-17-14(2)27-23-20(17)21(24)22-18-7-5-6-8-19(18)25-3/h5-12H,4,13H2,1-3H3,(H,22,24). The minimum Gasteiger partial charge on any atom is -0.495 e. The summed E-state index contributed by atoms with van der Waals surface area (Å²) < 4.78 is 16.3. The second-order valence-electron chi connectivity index (χ2n) is 6.01. The van der Waals surface area contributed by atoms with Gasteiger partial charge in [0.05, 0.1) is 18.4 Å². The van der Waals surface area contributed by atoms with E-state index in [1.165, 1.54) is 5.56 Å². The number of carbonyl (C=O) groups excluding carboxylic acids is 1. The van der Waals surface area contributed by atoms with Crippen LogP contribution in [0.15, 0.2) is 53.1 Å². The maximum atomic E-state index is 12.7. The van der Waals surface area contributed by atoms with Crippen molar-refractivity contribution in [2.24, 2.45) is 0 Å². The summed E-state index contributed by atoms with van der Waals surface area (Å²) in [6, 6.07) is 15.0. The second-order valence-corrected chi connectivity index (χ2v) is 6.01. The number of hydrogen-bond donors (Lipinski definition) is 1. The minimum atomic E-state index is -0.378. The van der Waals surface area contributed by atoms with Crippen LogP contribution in [-0.4, -0.2) is 18.2 Å². The highest BCUT2D eigenvalue weighted by atomic mass is 16.5. The molecular formula is C21H22N2O4. The number of benzene rings is 2. The lowest BCUT2D eigenvalue weighted by molar-refractivity contribution is 0.101. The summed E-state index contributed by atoms with van der Waals surface area (Å²) in [5.41, 5.74) is 2.61. The molecule has 3 rings (SSSR count). The number of methoxy groups -OCH3 is 1. The van der Waals surface area contributed by atoms with E-state index >= 15 is 0 Å². The van der Waals surface area contributed by atoms with E-state index in [1.54, 1.807) is 26.2 Å². The molecule has 0 unspecified atom stereocenters. The molecule has 1 amide bonds. The van der Waals surface area contributed by atoms with Crippen LogP contribution in [0.4, 0.5) is 5.69 Å². The van der Waals surface area contributed by atoms with Crippen LogP contribution in [0.25, 0.3) is 0 Å². The van der Waals surface area contributed by atoms with Crippen molar-refractivity contribution in [2.75, 3.05) is 12.4 Å². The molecule has 6 heteroatoms. The topological polar surface area (TPSA) is 73.6 Å². The lowest BCUT2D eigenvalue weighted by Gasteiger charge is -2.10. The van der Waals surface area contributed by atoms with Crippen molar-refractivity contribution in [2.45, 2.75) is 26.9 Å². The third kappa shape index (κ3) is 4.28. The van der Waals surface area contributed by atoms with Gasteiger partial charge in [-0.15, -0.1) is 0 Å². The zero-order valence-electron chi connectivity index (χ0n) is 15.6. The molecule has 0 atom stereocenters. The SMILES string of the molecule is CCc1ccc(OCc2c(C(=O)Nc3ccccc3OC)noc2C)cc1. The summed E-state index contributed by atoms with van der Waals surface area (Å²) in [5, 5.41) is 6.70. The van der Waals surface area contributed by atoms with Crippen LogP contribution in [0.3, 0.4) is 0 Å². The van der Waals surface area contributed by atoms with Gasteiger partial charge >= 0.3 is 0 Å². The van der Waals surface area contributed by atoms with Crippen molar-refractivity contribution in [3.8, 4) is 11.5 Å². The zero-order chi connectivity index (χ0) is 19.2. The molecule has 1 aromatic heterocycles. The largest absolute Gasteiger partial charge is 0.495 e. The maximum Gasteiger partial charge on any atom is 0.278 e. The van der Waals surface area contributed by atoms with Gasteiger partial charge in [-0.25, -0.2) is 0 Å². The number of aryl methyl sites for hydroxylation is 2. The van der Waals surface area contributed by atoms with Gasteiger partial charge in [0.15, 0.2) is 5.69 Å². The zero-order valence-corrected chi connectivity index (χ0v) is 15.6. The Hall–Kier alpha value is -3.28. The Labute approximate surface area is 158 Å². The van der Waals surface area contributed by atoms with E-state index < -0.39 is 0 Å². The Balaban J connectivity index is 1.74. The first-order valence-corrected chi connectivity index (χ1v) is 8.73. The molecule has 0 saturated heterocycles. The molecule has 2 aromatic carbocycles. The van der Waals surface area contributed by atoms with E-state index in [0.717, 1.165) is 12.2 Å². The van der Waals surface area contributed by atoms with Gasteiger partial charge in [0.1, 0.15) is 23.9 Å². The summed E-state index contributed by atoms with van der Waals surface area (Å²) in [6.07, 6.45) is 0.971. The monoisotopic (exact) mass is 366 g/mol. The number of nitrogens with one attached hydrogen (secondary N) is 1. The van der Waals surface area contributed by atoms with Crippen LogP contribution in [0.2, 0.25) is 0 Å². The molecule has 0 saturated carbocycles. The smallest absolute Gasteiger partial charge is 0.278 e. The summed E-state index contributed by atoms with van der Waals surface area (Å²) in [4.78, 5) is 12.7. The fourth-order valence-electron chi connectivity index (χ4n) is 2.65. The fourth-order valence-corrected chi connectivity index (χ4v) is 2.65. The minimum absolute atomic E-state index is 0.190.